The van der Waals surface area contributed by atoms with Crippen molar-refractivity contribution in [2.24, 2.45) is 5.92 Å². The average molecular weight is 327 g/mol. The minimum atomic E-state index is -3.35. The van der Waals surface area contributed by atoms with E-state index >= 15 is 0 Å². The summed E-state index contributed by atoms with van der Waals surface area (Å²) in [5.41, 5.74) is 0. The molecule has 2 rings (SSSR count). The molecule has 8 nitrogen and oxygen atoms in total. The van der Waals surface area contributed by atoms with Crippen molar-refractivity contribution in [2.75, 3.05) is 51.4 Å². The van der Waals surface area contributed by atoms with E-state index in [0.717, 1.165) is 0 Å². The first-order valence-corrected chi connectivity index (χ1v) is 8.82. The SMILES string of the molecule is CN(C)C(=O)[C@H]1CN(c2ncccn2)CCN(S(C)(=O)=O)C1. The number of nitrogens with zero attached hydrogens (tertiary/aromatic N) is 5. The van der Waals surface area contributed by atoms with Crippen molar-refractivity contribution in [1.29, 1.82) is 0 Å². The second kappa shape index (κ2) is 6.57. The Bertz CT molecular complexity index is 620. The minimum Gasteiger partial charge on any atom is -0.348 e. The van der Waals surface area contributed by atoms with Gasteiger partial charge in [0.05, 0.1) is 12.2 Å². The molecule has 0 aromatic carbocycles. The molecule has 1 aromatic heterocycles. The van der Waals surface area contributed by atoms with Gasteiger partial charge >= 0.3 is 0 Å². The number of anilines is 1. The molecule has 9 heteroatoms. The van der Waals surface area contributed by atoms with Gasteiger partial charge in [-0.2, -0.15) is 4.31 Å². The Morgan fingerprint density at radius 3 is 2.41 bits per heavy atom. The fourth-order valence-electron chi connectivity index (χ4n) is 2.44. The molecule has 1 aromatic rings. The lowest BCUT2D eigenvalue weighted by Gasteiger charge is -2.25. The molecule has 2 heterocycles. The van der Waals surface area contributed by atoms with Crippen molar-refractivity contribution in [3.8, 4) is 0 Å². The van der Waals surface area contributed by atoms with Crippen LogP contribution in [0.25, 0.3) is 0 Å². The lowest BCUT2D eigenvalue weighted by Crippen LogP contribution is -2.42. The van der Waals surface area contributed by atoms with Crippen LogP contribution in [-0.4, -0.2) is 80.0 Å². The molecule has 22 heavy (non-hydrogen) atoms. The van der Waals surface area contributed by atoms with E-state index in [1.54, 1.807) is 32.6 Å². The van der Waals surface area contributed by atoms with E-state index in [0.29, 0.717) is 25.6 Å². The van der Waals surface area contributed by atoms with Crippen LogP contribution in [0.4, 0.5) is 5.95 Å². The number of hydrogen-bond acceptors (Lipinski definition) is 6. The van der Waals surface area contributed by atoms with Crippen LogP contribution in [0, 0.1) is 5.92 Å². The first-order valence-electron chi connectivity index (χ1n) is 6.97. The molecule has 122 valence electrons. The molecular weight excluding hydrogens is 306 g/mol. The quantitative estimate of drug-likeness (QED) is 0.727. The van der Waals surface area contributed by atoms with Crippen LogP contribution in [0.3, 0.4) is 0 Å². The third kappa shape index (κ3) is 3.92. The Kier molecular flexibility index (Phi) is 4.97. The van der Waals surface area contributed by atoms with Crippen molar-refractivity contribution in [3.05, 3.63) is 18.5 Å². The molecule has 0 spiro atoms. The number of hydrogen-bond donors (Lipinski definition) is 0. The van der Waals surface area contributed by atoms with Crippen molar-refractivity contribution in [3.63, 3.8) is 0 Å². The number of rotatable bonds is 3. The lowest BCUT2D eigenvalue weighted by atomic mass is 10.1. The van der Waals surface area contributed by atoms with Gasteiger partial charge in [-0.3, -0.25) is 4.79 Å². The topological polar surface area (TPSA) is 86.7 Å². The van der Waals surface area contributed by atoms with Crippen molar-refractivity contribution in [2.45, 2.75) is 0 Å². The fourth-order valence-corrected chi connectivity index (χ4v) is 3.31. The van der Waals surface area contributed by atoms with Crippen LogP contribution >= 0.6 is 0 Å². The molecule has 1 amide bonds. The molecule has 0 unspecified atom stereocenters. The highest BCUT2D eigenvalue weighted by Crippen LogP contribution is 2.17. The van der Waals surface area contributed by atoms with Crippen molar-refractivity contribution < 1.29 is 13.2 Å². The van der Waals surface area contributed by atoms with Crippen LogP contribution < -0.4 is 4.90 Å². The summed E-state index contributed by atoms with van der Waals surface area (Å²) in [6, 6.07) is 1.71. The van der Waals surface area contributed by atoms with Gasteiger partial charge < -0.3 is 9.80 Å². The number of amides is 1. The summed E-state index contributed by atoms with van der Waals surface area (Å²) < 4.78 is 25.1. The third-order valence-corrected chi connectivity index (χ3v) is 4.85. The van der Waals surface area contributed by atoms with E-state index < -0.39 is 15.9 Å². The number of sulfonamides is 1. The third-order valence-electron chi connectivity index (χ3n) is 3.58. The molecule has 1 atom stereocenters. The molecule has 1 aliphatic heterocycles. The maximum absolute atomic E-state index is 12.3. The second-order valence-electron chi connectivity index (χ2n) is 5.55. The molecule has 1 saturated heterocycles. The fraction of sp³-hybridized carbons (Fsp3) is 0.615. The summed E-state index contributed by atoms with van der Waals surface area (Å²) >= 11 is 0. The first-order chi connectivity index (χ1) is 10.3. The highest BCUT2D eigenvalue weighted by Gasteiger charge is 2.33. The zero-order valence-corrected chi connectivity index (χ0v) is 13.8. The van der Waals surface area contributed by atoms with E-state index in [4.69, 9.17) is 0 Å². The predicted octanol–water partition coefficient (Wildman–Crippen LogP) is -0.737. The number of carbonyl (C=O) groups excluding carboxylic acids is 1. The van der Waals surface area contributed by atoms with Gasteiger partial charge in [0.15, 0.2) is 0 Å². The number of carbonyl (C=O) groups is 1. The van der Waals surface area contributed by atoms with Gasteiger partial charge in [0.1, 0.15) is 0 Å². The Morgan fingerprint density at radius 2 is 1.86 bits per heavy atom. The van der Waals surface area contributed by atoms with Crippen LogP contribution in [0.2, 0.25) is 0 Å². The maximum Gasteiger partial charge on any atom is 0.228 e. The second-order valence-corrected chi connectivity index (χ2v) is 7.53. The van der Waals surface area contributed by atoms with Gasteiger partial charge in [-0.05, 0) is 6.07 Å². The lowest BCUT2D eigenvalue weighted by molar-refractivity contribution is -0.132. The van der Waals surface area contributed by atoms with E-state index in [9.17, 15) is 13.2 Å². The highest BCUT2D eigenvalue weighted by atomic mass is 32.2. The molecule has 0 saturated carbocycles. The van der Waals surface area contributed by atoms with Gasteiger partial charge in [0.2, 0.25) is 21.9 Å². The van der Waals surface area contributed by atoms with E-state index in [2.05, 4.69) is 9.97 Å². The maximum atomic E-state index is 12.3. The summed E-state index contributed by atoms with van der Waals surface area (Å²) in [6.07, 6.45) is 4.42. The Hall–Kier alpha value is -1.74. The summed E-state index contributed by atoms with van der Waals surface area (Å²) in [6.45, 7) is 1.34. The molecule has 0 radical (unpaired) electrons. The molecule has 0 bridgehead atoms. The van der Waals surface area contributed by atoms with Gasteiger partial charge in [-0.1, -0.05) is 0 Å². The van der Waals surface area contributed by atoms with Gasteiger partial charge in [-0.15, -0.1) is 0 Å². The zero-order chi connectivity index (χ0) is 16.3. The highest BCUT2D eigenvalue weighted by molar-refractivity contribution is 7.88. The molecule has 1 fully saturated rings. The Labute approximate surface area is 130 Å². The first kappa shape index (κ1) is 16.6. The molecule has 0 N–H and O–H groups in total. The molecule has 1 aliphatic rings. The summed E-state index contributed by atoms with van der Waals surface area (Å²) in [5, 5.41) is 0. The van der Waals surface area contributed by atoms with Crippen LogP contribution in [-0.2, 0) is 14.8 Å². The van der Waals surface area contributed by atoms with Crippen LogP contribution in [0.1, 0.15) is 0 Å². The summed E-state index contributed by atoms with van der Waals surface area (Å²) in [5.74, 6) is -0.0399. The Morgan fingerprint density at radius 1 is 1.23 bits per heavy atom. The monoisotopic (exact) mass is 327 g/mol. The predicted molar refractivity (Wildman–Crippen MR) is 82.8 cm³/mol. The van der Waals surface area contributed by atoms with Gasteiger partial charge in [0.25, 0.3) is 0 Å². The van der Waals surface area contributed by atoms with E-state index in [1.165, 1.54) is 15.5 Å². The molecular formula is C13H21N5O3S. The largest absolute Gasteiger partial charge is 0.348 e. The zero-order valence-electron chi connectivity index (χ0n) is 13.0. The van der Waals surface area contributed by atoms with Crippen molar-refractivity contribution >= 4 is 21.9 Å². The normalized spacial score (nSPS) is 20.5. The van der Waals surface area contributed by atoms with Gasteiger partial charge in [0, 0.05) is 52.7 Å². The van der Waals surface area contributed by atoms with Crippen molar-refractivity contribution in [1.82, 2.24) is 19.2 Å². The summed E-state index contributed by atoms with van der Waals surface area (Å²) in [4.78, 5) is 24.1. The summed E-state index contributed by atoms with van der Waals surface area (Å²) in [7, 11) is -0.0158. The van der Waals surface area contributed by atoms with Crippen LogP contribution in [0.5, 0.6) is 0 Å². The smallest absolute Gasteiger partial charge is 0.228 e. The van der Waals surface area contributed by atoms with Gasteiger partial charge in [-0.25, -0.2) is 18.4 Å². The van der Waals surface area contributed by atoms with Crippen LogP contribution in [0.15, 0.2) is 18.5 Å². The Balaban J connectivity index is 2.28. The molecule has 0 aliphatic carbocycles. The standard InChI is InChI=1S/C13H21N5O3S/c1-16(2)12(19)11-9-17(13-14-5-4-6-15-13)7-8-18(10-11)22(3,20)21/h4-6,11H,7-10H2,1-3H3/t11-/m0/s1. The minimum absolute atomic E-state index is 0.100. The average Bonchev–Trinajstić information content (AvgIpc) is 2.70. The van der Waals surface area contributed by atoms with E-state index in [-0.39, 0.29) is 12.5 Å². The number of aromatic nitrogens is 2. The van der Waals surface area contributed by atoms with E-state index in [1.807, 2.05) is 4.90 Å².